The third kappa shape index (κ3) is 5.67. The fourth-order valence-electron chi connectivity index (χ4n) is 4.08. The number of carboxylic acid groups (broad SMARTS) is 2. The van der Waals surface area contributed by atoms with Gasteiger partial charge in [-0.25, -0.2) is 19.1 Å². The van der Waals surface area contributed by atoms with Crippen molar-refractivity contribution in [1.29, 1.82) is 0 Å². The number of β-lactam (4-membered cyclic amide) rings is 1. The molecule has 2 amide bonds. The number of aromatic nitrogens is 5. The molecule has 0 radical (unpaired) electrons. The lowest BCUT2D eigenvalue weighted by molar-refractivity contribution is -0.646. The minimum atomic E-state index is -1.77. The largest absolute Gasteiger partial charge is 0.478 e. The predicted molar refractivity (Wildman–Crippen MR) is 155 cm³/mol. The number of thiazole rings is 1. The van der Waals surface area contributed by atoms with Crippen LogP contribution in [0, 0.1) is 0 Å². The Morgan fingerprint density at radius 2 is 2.05 bits per heavy atom. The molecule has 43 heavy (non-hydrogen) atoms. The molecule has 2 aliphatic rings. The van der Waals surface area contributed by atoms with Crippen molar-refractivity contribution >= 4 is 80.9 Å². The van der Waals surface area contributed by atoms with Gasteiger partial charge in [0.2, 0.25) is 5.60 Å². The highest BCUT2D eigenvalue weighted by Gasteiger charge is 2.54. The van der Waals surface area contributed by atoms with Crippen LogP contribution in [-0.2, 0) is 31.1 Å². The van der Waals surface area contributed by atoms with Gasteiger partial charge in [0, 0.05) is 22.0 Å². The van der Waals surface area contributed by atoms with Gasteiger partial charge in [-0.15, -0.1) is 23.1 Å². The molecule has 1 saturated heterocycles. The van der Waals surface area contributed by atoms with Crippen molar-refractivity contribution in [2.75, 3.05) is 23.0 Å². The Hall–Kier alpha value is -4.43. The normalized spacial score (nSPS) is 18.8. The Kier molecular flexibility index (Phi) is 7.92. The highest BCUT2D eigenvalue weighted by atomic mass is 32.2. The van der Waals surface area contributed by atoms with Crippen LogP contribution in [-0.4, -0.2) is 92.7 Å². The molecule has 0 aromatic carbocycles. The molecule has 0 bridgehead atoms. The molecular weight excluding hydrogens is 625 g/mol. The minimum absolute atomic E-state index is 0.0154. The van der Waals surface area contributed by atoms with Gasteiger partial charge in [0.05, 0.1) is 13.1 Å². The van der Waals surface area contributed by atoms with E-state index >= 15 is 0 Å². The standard InChI is InChI=1S/C23H24N10O7S3/c1-23(2,20(38)39)40-30-13(10-7-42-21(25)27-10)16(34)29-14-17(35)32-15(19(36)37)9(5-41-18(14)32)6-43-22-28-11(24)4-12-31(3)8-26-33(12)22/h4,7-8,14,18,24H,5-6H2,1-3H3,(H5,25,27,29,34,36,37,38,39)/p+1/b30-13-/t14?,18-/m0/s1. The van der Waals surface area contributed by atoms with Gasteiger partial charge in [-0.05, 0) is 23.9 Å². The fraction of sp³-hybridized carbons (Fsp3) is 0.348. The monoisotopic (exact) mass is 649 g/mol. The summed E-state index contributed by atoms with van der Waals surface area (Å²) >= 11 is 3.52. The first-order chi connectivity index (χ1) is 20.3. The summed E-state index contributed by atoms with van der Waals surface area (Å²) in [6, 6.07) is 0.570. The molecule has 2 aliphatic heterocycles. The predicted octanol–water partition coefficient (Wildman–Crippen LogP) is -0.710. The number of nitrogens with two attached hydrogens (primary N) is 2. The van der Waals surface area contributed by atoms with Gasteiger partial charge in [0.1, 0.15) is 28.6 Å². The fourth-order valence-corrected chi connectivity index (χ4v) is 7.08. The molecule has 3 aromatic rings. The third-order valence-electron chi connectivity index (χ3n) is 6.37. The number of nitrogens with zero attached hydrogens (tertiary/aromatic N) is 7. The number of aryl methyl sites for hydroxylation is 1. The summed E-state index contributed by atoms with van der Waals surface area (Å²) in [7, 11) is 1.80. The van der Waals surface area contributed by atoms with Crippen LogP contribution in [0.5, 0.6) is 0 Å². The number of nitrogens with one attached hydrogen (secondary N) is 1. The Bertz CT molecular complexity index is 1730. The van der Waals surface area contributed by atoms with E-state index in [-0.39, 0.29) is 33.8 Å². The van der Waals surface area contributed by atoms with Gasteiger partial charge < -0.3 is 31.8 Å². The van der Waals surface area contributed by atoms with Crippen LogP contribution in [0.4, 0.5) is 10.9 Å². The van der Waals surface area contributed by atoms with Gasteiger partial charge in [0.25, 0.3) is 28.9 Å². The number of carbonyl (C=O) groups is 4. The van der Waals surface area contributed by atoms with Crippen molar-refractivity contribution in [2.24, 2.45) is 12.2 Å². The zero-order chi connectivity index (χ0) is 31.2. The Morgan fingerprint density at radius 3 is 2.70 bits per heavy atom. The quantitative estimate of drug-likeness (QED) is 0.0455. The summed E-state index contributed by atoms with van der Waals surface area (Å²) < 4.78 is 3.34. The van der Waals surface area contributed by atoms with Crippen LogP contribution in [0.3, 0.4) is 0 Å². The van der Waals surface area contributed by atoms with E-state index in [0.29, 0.717) is 16.4 Å². The Labute approximate surface area is 255 Å². The van der Waals surface area contributed by atoms with Crippen LogP contribution < -0.4 is 21.4 Å². The van der Waals surface area contributed by atoms with E-state index in [4.69, 9.17) is 16.3 Å². The van der Waals surface area contributed by atoms with Gasteiger partial charge in [-0.3, -0.25) is 14.5 Å². The average molecular weight is 650 g/mol. The maximum atomic E-state index is 13.3. The number of rotatable bonds is 10. The Morgan fingerprint density at radius 1 is 1.30 bits per heavy atom. The zero-order valence-corrected chi connectivity index (χ0v) is 25.2. The summed E-state index contributed by atoms with van der Waals surface area (Å²) in [6.45, 7) is 2.48. The average Bonchev–Trinajstić information content (AvgIpc) is 3.54. The topological polar surface area (TPSA) is 245 Å². The summed E-state index contributed by atoms with van der Waals surface area (Å²) in [4.78, 5) is 64.8. The SMILES string of the molecule is C[n+]1cnn2c(SCC3=C(C(=O)O)N4C(=O)C(NC(=O)/C(=N\OC(C)(C)C(=O)O)c5csc(N)n5)[C@@H]4SC3)nc(N)cc21. The minimum Gasteiger partial charge on any atom is -0.478 e. The van der Waals surface area contributed by atoms with Crippen LogP contribution in [0.15, 0.2) is 39.4 Å². The number of hydrogen-bond acceptors (Lipinski definition) is 14. The van der Waals surface area contributed by atoms with Crippen LogP contribution >= 0.6 is 34.9 Å². The van der Waals surface area contributed by atoms with Crippen molar-refractivity contribution in [1.82, 2.24) is 29.8 Å². The number of amides is 2. The number of hydrogen-bond donors (Lipinski definition) is 5. The van der Waals surface area contributed by atoms with E-state index in [1.807, 2.05) is 0 Å². The van der Waals surface area contributed by atoms with Gasteiger partial charge in [0.15, 0.2) is 10.8 Å². The number of thioether (sulfide) groups is 2. The number of nitrogen functional groups attached to an aromatic ring is 2. The maximum Gasteiger partial charge on any atom is 0.352 e. The van der Waals surface area contributed by atoms with E-state index in [9.17, 15) is 29.4 Å². The Balaban J connectivity index is 1.35. The van der Waals surface area contributed by atoms with Crippen molar-refractivity contribution in [3.05, 3.63) is 34.7 Å². The van der Waals surface area contributed by atoms with Gasteiger partial charge in [-0.1, -0.05) is 16.9 Å². The van der Waals surface area contributed by atoms with Crippen LogP contribution in [0.25, 0.3) is 5.65 Å². The molecule has 0 saturated carbocycles. The lowest BCUT2D eigenvalue weighted by Gasteiger charge is -2.49. The van der Waals surface area contributed by atoms with Crippen molar-refractivity contribution in [3.8, 4) is 0 Å². The van der Waals surface area contributed by atoms with Gasteiger partial charge >= 0.3 is 11.9 Å². The van der Waals surface area contributed by atoms with Crippen molar-refractivity contribution in [2.45, 2.75) is 36.0 Å². The number of carboxylic acids is 2. The zero-order valence-electron chi connectivity index (χ0n) is 22.7. The lowest BCUT2D eigenvalue weighted by atomic mass is 10.0. The number of carbonyl (C=O) groups excluding carboxylic acids is 2. The number of anilines is 2. The number of oxime groups is 1. The first-order valence-corrected chi connectivity index (χ1v) is 15.2. The molecule has 3 aromatic heterocycles. The second-order valence-electron chi connectivity index (χ2n) is 9.80. The first kappa shape index (κ1) is 30.0. The summed E-state index contributed by atoms with van der Waals surface area (Å²) in [6.07, 6.45) is 1.59. The van der Waals surface area contributed by atoms with Crippen molar-refractivity contribution < 1.29 is 38.8 Å². The molecule has 5 rings (SSSR count). The number of fused-ring (bicyclic) bond motifs is 2. The second kappa shape index (κ2) is 11.3. The van der Waals surface area contributed by atoms with Crippen molar-refractivity contribution in [3.63, 3.8) is 0 Å². The van der Waals surface area contributed by atoms with Gasteiger partial charge in [-0.2, -0.15) is 4.98 Å². The molecule has 0 spiro atoms. The third-order valence-corrected chi connectivity index (χ3v) is 9.40. The molecular formula is C23H25N10O7S3+. The van der Waals surface area contributed by atoms with Crippen LogP contribution in [0.2, 0.25) is 0 Å². The van der Waals surface area contributed by atoms with E-state index in [0.717, 1.165) is 16.2 Å². The molecule has 0 aliphatic carbocycles. The molecule has 226 valence electrons. The first-order valence-electron chi connectivity index (χ1n) is 12.3. The van der Waals surface area contributed by atoms with Crippen LogP contribution in [0.1, 0.15) is 19.5 Å². The van der Waals surface area contributed by atoms with E-state index in [2.05, 4.69) is 25.5 Å². The molecule has 1 fully saturated rings. The van der Waals surface area contributed by atoms with E-state index in [1.165, 1.54) is 42.8 Å². The maximum absolute atomic E-state index is 13.3. The summed E-state index contributed by atoms with van der Waals surface area (Å²) in [5.74, 6) is -3.42. The molecule has 5 heterocycles. The summed E-state index contributed by atoms with van der Waals surface area (Å²) in [5, 5.41) is 31.2. The van der Waals surface area contributed by atoms with E-state index in [1.54, 1.807) is 28.5 Å². The highest BCUT2D eigenvalue weighted by molar-refractivity contribution is 8.01. The molecule has 2 atom stereocenters. The molecule has 17 nitrogen and oxygen atoms in total. The highest BCUT2D eigenvalue weighted by Crippen LogP contribution is 2.41. The number of aliphatic carboxylic acids is 2. The molecule has 20 heteroatoms. The molecule has 1 unspecified atom stereocenters. The molecule has 7 N–H and O–H groups in total. The smallest absolute Gasteiger partial charge is 0.352 e. The van der Waals surface area contributed by atoms with E-state index < -0.39 is 46.5 Å². The second-order valence-corrected chi connectivity index (χ2v) is 12.7. The summed E-state index contributed by atoms with van der Waals surface area (Å²) in [5.41, 5.74) is 10.5. The lowest BCUT2D eigenvalue weighted by Crippen LogP contribution is -2.71.